The smallest absolute Gasteiger partial charge is 0.326 e. The van der Waals surface area contributed by atoms with Crippen molar-refractivity contribution in [3.63, 3.8) is 0 Å². The number of aliphatic carboxylic acids is 2. The standard InChI is InChI=1S/C13H18N2O5S/c1-7-5-9(21-8(7)2)6-14-13(20)15-10(12(18)19)3-4-11(16)17/h5,10H,3-4,6H2,1-2H3,(H,16,17)(H,18,19)(H2,14,15,20)/t10-/m0/s1. The van der Waals surface area contributed by atoms with Gasteiger partial charge in [-0.25, -0.2) is 9.59 Å². The van der Waals surface area contributed by atoms with E-state index < -0.39 is 24.0 Å². The average molecular weight is 314 g/mol. The molecule has 0 unspecified atom stereocenters. The van der Waals surface area contributed by atoms with Crippen molar-refractivity contribution in [1.29, 1.82) is 0 Å². The number of thiophene rings is 1. The van der Waals surface area contributed by atoms with Gasteiger partial charge in [-0.3, -0.25) is 4.79 Å². The fraction of sp³-hybridized carbons (Fsp3) is 0.462. The minimum Gasteiger partial charge on any atom is -0.481 e. The maximum absolute atomic E-state index is 11.6. The number of hydrogen-bond donors (Lipinski definition) is 4. The predicted octanol–water partition coefficient (Wildman–Crippen LogP) is 1.48. The van der Waals surface area contributed by atoms with Gasteiger partial charge >= 0.3 is 18.0 Å². The molecule has 0 bridgehead atoms. The molecular formula is C13H18N2O5S. The van der Waals surface area contributed by atoms with Crippen LogP contribution in [0.2, 0.25) is 0 Å². The second kappa shape index (κ2) is 7.63. The van der Waals surface area contributed by atoms with E-state index in [4.69, 9.17) is 10.2 Å². The molecule has 21 heavy (non-hydrogen) atoms. The van der Waals surface area contributed by atoms with Crippen LogP contribution in [0, 0.1) is 13.8 Å². The summed E-state index contributed by atoms with van der Waals surface area (Å²) >= 11 is 1.56. The Morgan fingerprint density at radius 3 is 2.43 bits per heavy atom. The Bertz CT molecular complexity index is 521. The minimum atomic E-state index is -1.26. The molecule has 1 heterocycles. The summed E-state index contributed by atoms with van der Waals surface area (Å²) in [7, 11) is 0. The van der Waals surface area contributed by atoms with Crippen molar-refractivity contribution in [2.24, 2.45) is 0 Å². The molecule has 0 aromatic carbocycles. The number of nitrogens with one attached hydrogen (secondary N) is 2. The first-order valence-electron chi connectivity index (χ1n) is 6.34. The van der Waals surface area contributed by atoms with Crippen molar-refractivity contribution in [3.8, 4) is 0 Å². The SMILES string of the molecule is Cc1cc(CNC(=O)N[C@@H](CCC(=O)O)C(=O)O)sc1C. The minimum absolute atomic E-state index is 0.157. The van der Waals surface area contributed by atoms with E-state index >= 15 is 0 Å². The molecule has 2 amide bonds. The summed E-state index contributed by atoms with van der Waals surface area (Å²) in [5.74, 6) is -2.36. The van der Waals surface area contributed by atoms with Crippen LogP contribution in [0.1, 0.15) is 28.2 Å². The van der Waals surface area contributed by atoms with Gasteiger partial charge in [0.05, 0.1) is 6.54 Å². The predicted molar refractivity (Wildman–Crippen MR) is 77.5 cm³/mol. The topological polar surface area (TPSA) is 116 Å². The van der Waals surface area contributed by atoms with Crippen LogP contribution in [-0.4, -0.2) is 34.2 Å². The van der Waals surface area contributed by atoms with E-state index in [0.717, 1.165) is 15.3 Å². The molecule has 1 rings (SSSR count). The quantitative estimate of drug-likeness (QED) is 0.608. The molecule has 0 aliphatic carbocycles. The highest BCUT2D eigenvalue weighted by Gasteiger charge is 2.20. The lowest BCUT2D eigenvalue weighted by Gasteiger charge is -2.13. The molecule has 1 atom stereocenters. The van der Waals surface area contributed by atoms with Gasteiger partial charge in [0.15, 0.2) is 0 Å². The Balaban J connectivity index is 2.46. The summed E-state index contributed by atoms with van der Waals surface area (Å²) in [5, 5.41) is 22.3. The van der Waals surface area contributed by atoms with Crippen molar-refractivity contribution in [2.45, 2.75) is 39.3 Å². The molecule has 0 radical (unpaired) electrons. The molecule has 1 aromatic heterocycles. The second-order valence-corrected chi connectivity index (χ2v) is 5.94. The van der Waals surface area contributed by atoms with E-state index in [9.17, 15) is 14.4 Å². The average Bonchev–Trinajstić information content (AvgIpc) is 2.71. The summed E-state index contributed by atoms with van der Waals surface area (Å²) in [6.07, 6.45) is -0.476. The lowest BCUT2D eigenvalue weighted by Crippen LogP contribution is -2.45. The Kier molecular flexibility index (Phi) is 6.16. The van der Waals surface area contributed by atoms with E-state index in [1.54, 1.807) is 11.3 Å². The normalized spacial score (nSPS) is 11.7. The zero-order valence-corrected chi connectivity index (χ0v) is 12.6. The summed E-state index contributed by atoms with van der Waals surface area (Å²) in [5.41, 5.74) is 1.14. The van der Waals surface area contributed by atoms with Crippen molar-refractivity contribution >= 4 is 29.3 Å². The Morgan fingerprint density at radius 2 is 1.95 bits per heavy atom. The maximum atomic E-state index is 11.6. The largest absolute Gasteiger partial charge is 0.481 e. The third-order valence-electron chi connectivity index (χ3n) is 2.89. The number of urea groups is 1. The number of amides is 2. The van der Waals surface area contributed by atoms with E-state index in [0.29, 0.717) is 6.54 Å². The van der Waals surface area contributed by atoms with Gasteiger partial charge in [0.1, 0.15) is 6.04 Å². The fourth-order valence-corrected chi connectivity index (χ4v) is 2.63. The molecule has 0 saturated carbocycles. The summed E-state index contributed by atoms with van der Waals surface area (Å²) in [4.78, 5) is 35.1. The first-order valence-corrected chi connectivity index (χ1v) is 7.16. The van der Waals surface area contributed by atoms with Crippen LogP contribution in [0.25, 0.3) is 0 Å². The van der Waals surface area contributed by atoms with Crippen LogP contribution in [0.4, 0.5) is 4.79 Å². The Morgan fingerprint density at radius 1 is 1.29 bits per heavy atom. The van der Waals surface area contributed by atoms with Crippen molar-refractivity contribution in [3.05, 3.63) is 21.4 Å². The van der Waals surface area contributed by atoms with E-state index in [-0.39, 0.29) is 12.8 Å². The van der Waals surface area contributed by atoms with E-state index in [2.05, 4.69) is 10.6 Å². The first kappa shape index (κ1) is 17.0. The molecule has 0 saturated heterocycles. The van der Waals surface area contributed by atoms with Gasteiger partial charge in [-0.2, -0.15) is 0 Å². The van der Waals surface area contributed by atoms with Gasteiger partial charge in [-0.1, -0.05) is 0 Å². The number of carboxylic acids is 2. The number of carbonyl (C=O) groups excluding carboxylic acids is 1. The number of carbonyl (C=O) groups is 3. The van der Waals surface area contributed by atoms with Crippen molar-refractivity contribution in [1.82, 2.24) is 10.6 Å². The number of hydrogen-bond acceptors (Lipinski definition) is 4. The van der Waals surface area contributed by atoms with Gasteiger partial charge in [0, 0.05) is 16.2 Å². The lowest BCUT2D eigenvalue weighted by atomic mass is 10.1. The van der Waals surface area contributed by atoms with Crippen LogP contribution >= 0.6 is 11.3 Å². The molecule has 0 fully saturated rings. The summed E-state index contributed by atoms with van der Waals surface area (Å²) in [6, 6.07) is 0.115. The van der Waals surface area contributed by atoms with Crippen molar-refractivity contribution < 1.29 is 24.6 Å². The van der Waals surface area contributed by atoms with Gasteiger partial charge < -0.3 is 20.8 Å². The summed E-state index contributed by atoms with van der Waals surface area (Å²) < 4.78 is 0. The molecular weight excluding hydrogens is 296 g/mol. The Labute approximate surface area is 126 Å². The van der Waals surface area contributed by atoms with Crippen LogP contribution < -0.4 is 10.6 Å². The fourth-order valence-electron chi connectivity index (χ4n) is 1.64. The molecule has 7 nitrogen and oxygen atoms in total. The number of carboxylic acid groups (broad SMARTS) is 2. The number of aryl methyl sites for hydroxylation is 2. The molecule has 0 aliphatic heterocycles. The molecule has 0 aliphatic rings. The van der Waals surface area contributed by atoms with E-state index in [1.165, 1.54) is 0 Å². The first-order chi connectivity index (χ1) is 9.79. The van der Waals surface area contributed by atoms with Gasteiger partial charge in [0.25, 0.3) is 0 Å². The van der Waals surface area contributed by atoms with Crippen LogP contribution in [0.15, 0.2) is 6.07 Å². The highest BCUT2D eigenvalue weighted by Crippen LogP contribution is 2.20. The monoisotopic (exact) mass is 314 g/mol. The zero-order chi connectivity index (χ0) is 16.0. The highest BCUT2D eigenvalue weighted by atomic mass is 32.1. The molecule has 1 aromatic rings. The second-order valence-electron chi connectivity index (χ2n) is 4.60. The third-order valence-corrected chi connectivity index (χ3v) is 4.04. The van der Waals surface area contributed by atoms with Gasteiger partial charge in [-0.15, -0.1) is 11.3 Å². The molecule has 4 N–H and O–H groups in total. The summed E-state index contributed by atoms with van der Waals surface area (Å²) in [6.45, 7) is 4.26. The van der Waals surface area contributed by atoms with Crippen LogP contribution in [-0.2, 0) is 16.1 Å². The van der Waals surface area contributed by atoms with E-state index in [1.807, 2.05) is 19.9 Å². The highest BCUT2D eigenvalue weighted by molar-refractivity contribution is 7.12. The Hall–Kier alpha value is -2.09. The van der Waals surface area contributed by atoms with Crippen molar-refractivity contribution in [2.75, 3.05) is 0 Å². The maximum Gasteiger partial charge on any atom is 0.326 e. The van der Waals surface area contributed by atoms with Gasteiger partial charge in [-0.05, 0) is 31.9 Å². The molecule has 0 spiro atoms. The van der Waals surface area contributed by atoms with Crippen LogP contribution in [0.3, 0.4) is 0 Å². The molecule has 116 valence electrons. The van der Waals surface area contributed by atoms with Gasteiger partial charge in [0.2, 0.25) is 0 Å². The lowest BCUT2D eigenvalue weighted by molar-refractivity contribution is -0.140. The third kappa shape index (κ3) is 5.82. The zero-order valence-electron chi connectivity index (χ0n) is 11.8. The molecule has 8 heteroatoms. The number of rotatable bonds is 7. The van der Waals surface area contributed by atoms with Crippen LogP contribution in [0.5, 0.6) is 0 Å².